The number of ether oxygens (including phenoxy) is 1. The van der Waals surface area contributed by atoms with Gasteiger partial charge in [-0.05, 0) is 65.1 Å². The zero-order chi connectivity index (χ0) is 18.5. The van der Waals surface area contributed by atoms with E-state index in [0.29, 0.717) is 27.3 Å². The first-order valence-electron chi connectivity index (χ1n) is 7.49. The quantitative estimate of drug-likeness (QED) is 0.386. The van der Waals surface area contributed by atoms with Gasteiger partial charge in [0.25, 0.3) is 0 Å². The molecule has 1 amide bonds. The molecule has 0 aliphatic heterocycles. The van der Waals surface area contributed by atoms with Crippen LogP contribution in [0, 0.1) is 3.57 Å². The molecule has 0 unspecified atom stereocenters. The number of anilines is 1. The first-order chi connectivity index (χ1) is 12.5. The van der Waals surface area contributed by atoms with Crippen LogP contribution in [0.4, 0.5) is 5.69 Å². The summed E-state index contributed by atoms with van der Waals surface area (Å²) < 4.78 is 6.43. The van der Waals surface area contributed by atoms with Crippen molar-refractivity contribution in [2.24, 2.45) is 0 Å². The van der Waals surface area contributed by atoms with Gasteiger partial charge in [-0.3, -0.25) is 9.89 Å². The maximum absolute atomic E-state index is 12.1. The Kier molecular flexibility index (Phi) is 6.38. The normalized spacial score (nSPS) is 10.6. The number of benzene rings is 2. The number of amides is 1. The van der Waals surface area contributed by atoms with Gasteiger partial charge in [0.2, 0.25) is 11.1 Å². The number of hydrogen-bond acceptors (Lipinski definition) is 5. The maximum Gasteiger partial charge on any atom is 0.234 e. The summed E-state index contributed by atoms with van der Waals surface area (Å²) in [6.07, 6.45) is 0. The summed E-state index contributed by atoms with van der Waals surface area (Å²) in [5.74, 6) is 1.25. The van der Waals surface area contributed by atoms with E-state index >= 15 is 0 Å². The summed E-state index contributed by atoms with van der Waals surface area (Å²) in [5.41, 5.74) is 1.47. The first-order valence-corrected chi connectivity index (χ1v) is 9.94. The molecule has 0 radical (unpaired) electrons. The van der Waals surface area contributed by atoms with Gasteiger partial charge in [-0.25, -0.2) is 4.98 Å². The molecule has 1 heterocycles. The zero-order valence-corrected chi connectivity index (χ0v) is 17.4. The highest BCUT2D eigenvalue weighted by molar-refractivity contribution is 14.1. The zero-order valence-electron chi connectivity index (χ0n) is 13.6. The summed E-state index contributed by atoms with van der Waals surface area (Å²) in [7, 11) is 1.58. The fourth-order valence-corrected chi connectivity index (χ4v) is 3.29. The van der Waals surface area contributed by atoms with Crippen LogP contribution in [0.15, 0.2) is 47.6 Å². The third-order valence-electron chi connectivity index (χ3n) is 3.34. The van der Waals surface area contributed by atoms with Crippen LogP contribution in [0.1, 0.15) is 0 Å². The molecule has 1 aromatic heterocycles. The molecule has 0 aliphatic carbocycles. The number of nitrogens with zero attached hydrogens (tertiary/aromatic N) is 2. The average Bonchev–Trinajstić information content (AvgIpc) is 3.11. The van der Waals surface area contributed by atoms with Gasteiger partial charge >= 0.3 is 0 Å². The van der Waals surface area contributed by atoms with Crippen LogP contribution in [-0.4, -0.2) is 34.0 Å². The second kappa shape index (κ2) is 8.74. The number of aromatic amines is 1. The molecule has 0 aliphatic rings. The third-order valence-corrected chi connectivity index (χ3v) is 5.14. The molecule has 26 heavy (non-hydrogen) atoms. The lowest BCUT2D eigenvalue weighted by Crippen LogP contribution is -2.14. The Morgan fingerprint density at radius 2 is 2.08 bits per heavy atom. The SMILES string of the molecule is COc1ccc(Cl)cc1-c1nc(SCC(=O)Nc2ccc(I)cc2)n[nH]1. The van der Waals surface area contributed by atoms with Gasteiger partial charge in [-0.1, -0.05) is 23.4 Å². The van der Waals surface area contributed by atoms with Gasteiger partial charge in [0.1, 0.15) is 5.75 Å². The van der Waals surface area contributed by atoms with Gasteiger partial charge in [-0.2, -0.15) is 0 Å². The Balaban J connectivity index is 1.63. The van der Waals surface area contributed by atoms with Gasteiger partial charge in [0.15, 0.2) is 5.82 Å². The van der Waals surface area contributed by atoms with E-state index in [-0.39, 0.29) is 11.7 Å². The summed E-state index contributed by atoms with van der Waals surface area (Å²) >= 11 is 9.50. The molecule has 6 nitrogen and oxygen atoms in total. The highest BCUT2D eigenvalue weighted by atomic mass is 127. The number of carbonyl (C=O) groups excluding carboxylic acids is 1. The Morgan fingerprint density at radius 3 is 2.81 bits per heavy atom. The molecular weight excluding hydrogens is 487 g/mol. The van der Waals surface area contributed by atoms with Crippen molar-refractivity contribution < 1.29 is 9.53 Å². The summed E-state index contributed by atoms with van der Waals surface area (Å²) in [4.78, 5) is 16.5. The largest absolute Gasteiger partial charge is 0.496 e. The molecule has 0 saturated heterocycles. The molecule has 9 heteroatoms. The molecule has 0 bridgehead atoms. The molecule has 2 aromatic carbocycles. The first kappa shape index (κ1) is 19.0. The van der Waals surface area contributed by atoms with Crippen molar-refractivity contribution in [3.63, 3.8) is 0 Å². The minimum absolute atomic E-state index is 0.122. The maximum atomic E-state index is 12.1. The van der Waals surface area contributed by atoms with Crippen molar-refractivity contribution in [2.75, 3.05) is 18.2 Å². The lowest BCUT2D eigenvalue weighted by Gasteiger charge is -2.05. The molecule has 0 saturated carbocycles. The number of hydrogen-bond donors (Lipinski definition) is 2. The van der Waals surface area contributed by atoms with E-state index in [1.54, 1.807) is 25.3 Å². The Bertz CT molecular complexity index is 917. The number of halogens is 2. The lowest BCUT2D eigenvalue weighted by molar-refractivity contribution is -0.113. The van der Waals surface area contributed by atoms with Crippen molar-refractivity contribution >= 4 is 57.5 Å². The van der Waals surface area contributed by atoms with E-state index in [4.69, 9.17) is 16.3 Å². The molecule has 2 N–H and O–H groups in total. The molecule has 134 valence electrons. The number of methoxy groups -OCH3 is 1. The molecular formula is C17H14ClIN4O2S. The molecule has 0 atom stereocenters. The summed E-state index contributed by atoms with van der Waals surface area (Å²) in [5, 5.41) is 10.9. The van der Waals surface area contributed by atoms with Crippen LogP contribution >= 0.6 is 46.0 Å². The number of nitrogens with one attached hydrogen (secondary N) is 2. The van der Waals surface area contributed by atoms with Gasteiger partial charge in [0.05, 0.1) is 18.4 Å². The number of H-pyrrole nitrogens is 1. The topological polar surface area (TPSA) is 79.9 Å². The molecule has 0 fully saturated rings. The highest BCUT2D eigenvalue weighted by Crippen LogP contribution is 2.31. The van der Waals surface area contributed by atoms with E-state index in [1.165, 1.54) is 11.8 Å². The second-order valence-corrected chi connectivity index (χ2v) is 7.78. The fraction of sp³-hybridized carbons (Fsp3) is 0.118. The van der Waals surface area contributed by atoms with Gasteiger partial charge < -0.3 is 10.1 Å². The van der Waals surface area contributed by atoms with E-state index < -0.39 is 0 Å². The van der Waals surface area contributed by atoms with Crippen molar-refractivity contribution in [1.29, 1.82) is 0 Å². The minimum Gasteiger partial charge on any atom is -0.496 e. The highest BCUT2D eigenvalue weighted by Gasteiger charge is 2.13. The number of carbonyl (C=O) groups is 1. The molecule has 3 rings (SSSR count). The monoisotopic (exact) mass is 500 g/mol. The summed E-state index contributed by atoms with van der Waals surface area (Å²) in [6, 6.07) is 12.8. The van der Waals surface area contributed by atoms with Gasteiger partial charge in [0, 0.05) is 14.3 Å². The predicted octanol–water partition coefficient (Wildman–Crippen LogP) is 4.47. The van der Waals surface area contributed by atoms with E-state index in [1.807, 2.05) is 24.3 Å². The number of rotatable bonds is 6. The van der Waals surface area contributed by atoms with Crippen LogP contribution in [-0.2, 0) is 4.79 Å². The van der Waals surface area contributed by atoms with Crippen LogP contribution in [0.3, 0.4) is 0 Å². The van der Waals surface area contributed by atoms with E-state index in [2.05, 4.69) is 43.1 Å². The van der Waals surface area contributed by atoms with Crippen LogP contribution in [0.25, 0.3) is 11.4 Å². The van der Waals surface area contributed by atoms with E-state index in [0.717, 1.165) is 9.26 Å². The van der Waals surface area contributed by atoms with Crippen LogP contribution < -0.4 is 10.1 Å². The Hall–Kier alpha value is -1.78. The van der Waals surface area contributed by atoms with Crippen LogP contribution in [0.5, 0.6) is 5.75 Å². The minimum atomic E-state index is -0.122. The third kappa shape index (κ3) is 4.89. The van der Waals surface area contributed by atoms with Crippen molar-refractivity contribution in [2.45, 2.75) is 5.16 Å². The number of aromatic nitrogens is 3. The average molecular weight is 501 g/mol. The van der Waals surface area contributed by atoms with Gasteiger partial charge in [-0.15, -0.1) is 5.10 Å². The predicted molar refractivity (Wildman–Crippen MR) is 112 cm³/mol. The summed E-state index contributed by atoms with van der Waals surface area (Å²) in [6.45, 7) is 0. The molecule has 0 spiro atoms. The van der Waals surface area contributed by atoms with Crippen LogP contribution in [0.2, 0.25) is 5.02 Å². The number of thioether (sulfide) groups is 1. The molecule has 3 aromatic rings. The van der Waals surface area contributed by atoms with Crippen molar-refractivity contribution in [1.82, 2.24) is 15.2 Å². The van der Waals surface area contributed by atoms with E-state index in [9.17, 15) is 4.79 Å². The van der Waals surface area contributed by atoms with Crippen molar-refractivity contribution in [3.05, 3.63) is 51.1 Å². The Labute approximate surface area is 173 Å². The standard InChI is InChI=1S/C17H14ClIN4O2S/c1-25-14-7-2-10(18)8-13(14)16-21-17(23-22-16)26-9-15(24)20-12-5-3-11(19)4-6-12/h2-8H,9H2,1H3,(H,20,24)(H,21,22,23). The Morgan fingerprint density at radius 1 is 1.31 bits per heavy atom. The smallest absolute Gasteiger partial charge is 0.234 e. The lowest BCUT2D eigenvalue weighted by atomic mass is 10.2. The van der Waals surface area contributed by atoms with Crippen molar-refractivity contribution in [3.8, 4) is 17.1 Å². The second-order valence-electron chi connectivity index (χ2n) is 5.15. The fourth-order valence-electron chi connectivity index (χ4n) is 2.16.